The molecule has 0 aromatic rings. The van der Waals surface area contributed by atoms with Gasteiger partial charge in [-0.1, -0.05) is 12.8 Å². The molecule has 0 aromatic carbocycles. The molecule has 1 saturated heterocycles. The molecule has 3 N–H and O–H groups in total. The van der Waals surface area contributed by atoms with E-state index in [1.807, 2.05) is 0 Å². The van der Waals surface area contributed by atoms with Crippen LogP contribution in [0, 0.1) is 5.41 Å². The summed E-state index contributed by atoms with van der Waals surface area (Å²) in [5, 5.41) is 8.63. The fourth-order valence-electron chi connectivity index (χ4n) is 3.17. The molecule has 1 heterocycles. The fraction of sp³-hybridized carbons (Fsp3) is 0.833. The average molecular weight is 240 g/mol. The van der Waals surface area contributed by atoms with Gasteiger partial charge in [-0.25, -0.2) is 0 Å². The molecule has 2 aliphatic rings. The van der Waals surface area contributed by atoms with E-state index in [0.717, 1.165) is 19.5 Å². The van der Waals surface area contributed by atoms with Crippen LogP contribution in [0.15, 0.2) is 0 Å². The minimum absolute atomic E-state index is 0.198. The van der Waals surface area contributed by atoms with Gasteiger partial charge in [-0.3, -0.25) is 9.59 Å². The van der Waals surface area contributed by atoms with E-state index < -0.39 is 12.0 Å². The van der Waals surface area contributed by atoms with Crippen LogP contribution in [0.25, 0.3) is 0 Å². The Labute approximate surface area is 101 Å². The van der Waals surface area contributed by atoms with Crippen LogP contribution in [0.4, 0.5) is 0 Å². The van der Waals surface area contributed by atoms with Gasteiger partial charge in [-0.05, 0) is 24.7 Å². The van der Waals surface area contributed by atoms with Crippen LogP contribution in [-0.4, -0.2) is 41.0 Å². The summed E-state index contributed by atoms with van der Waals surface area (Å²) in [5.41, 5.74) is 5.93. The van der Waals surface area contributed by atoms with Crippen LogP contribution in [0.1, 0.15) is 38.5 Å². The van der Waals surface area contributed by atoms with Gasteiger partial charge in [0.25, 0.3) is 0 Å². The predicted octanol–water partition coefficient (Wildman–Crippen LogP) is 0.581. The number of hydrogen-bond donors (Lipinski definition) is 2. The second kappa shape index (κ2) is 4.64. The molecular formula is C12H20N2O3. The monoisotopic (exact) mass is 240 g/mol. The molecule has 1 amide bonds. The lowest BCUT2D eigenvalue weighted by molar-refractivity contribution is -0.141. The number of nitrogens with two attached hydrogens (primary N) is 1. The Morgan fingerprint density at radius 2 is 1.94 bits per heavy atom. The Morgan fingerprint density at radius 3 is 2.53 bits per heavy atom. The summed E-state index contributed by atoms with van der Waals surface area (Å²) in [5.74, 6) is -1.21. The van der Waals surface area contributed by atoms with Gasteiger partial charge in [0.1, 0.15) is 0 Å². The highest BCUT2D eigenvalue weighted by Gasteiger charge is 2.42. The molecule has 17 heavy (non-hydrogen) atoms. The Hall–Kier alpha value is -1.10. The zero-order valence-corrected chi connectivity index (χ0v) is 10.0. The highest BCUT2D eigenvalue weighted by molar-refractivity contribution is 5.86. The zero-order chi connectivity index (χ0) is 12.5. The van der Waals surface area contributed by atoms with E-state index >= 15 is 0 Å². The molecular weight excluding hydrogens is 220 g/mol. The summed E-state index contributed by atoms with van der Waals surface area (Å²) >= 11 is 0. The molecule has 5 heteroatoms. The molecule has 1 aliphatic carbocycles. The number of nitrogens with zero attached hydrogens (tertiary/aromatic N) is 1. The molecule has 5 nitrogen and oxygen atoms in total. The third-order valence-electron chi connectivity index (χ3n) is 4.13. The Morgan fingerprint density at radius 1 is 1.29 bits per heavy atom. The summed E-state index contributed by atoms with van der Waals surface area (Å²) in [6.07, 6.45) is 5.68. The lowest BCUT2D eigenvalue weighted by atomic mass is 9.86. The lowest BCUT2D eigenvalue weighted by Crippen LogP contribution is -2.44. The van der Waals surface area contributed by atoms with Gasteiger partial charge in [0.15, 0.2) is 0 Å². The van der Waals surface area contributed by atoms with Gasteiger partial charge in [-0.2, -0.15) is 0 Å². The van der Waals surface area contributed by atoms with Crippen molar-refractivity contribution in [1.82, 2.24) is 4.90 Å². The first kappa shape index (κ1) is 12.4. The summed E-state index contributed by atoms with van der Waals surface area (Å²) in [6.45, 7) is 1.52. The number of rotatable bonds is 3. The van der Waals surface area contributed by atoms with Crippen molar-refractivity contribution >= 4 is 11.9 Å². The van der Waals surface area contributed by atoms with Crippen molar-refractivity contribution in [3.63, 3.8) is 0 Å². The largest absolute Gasteiger partial charge is 0.481 e. The van der Waals surface area contributed by atoms with Gasteiger partial charge >= 0.3 is 5.97 Å². The maximum Gasteiger partial charge on any atom is 0.305 e. The second-order valence-corrected chi connectivity index (χ2v) is 5.42. The van der Waals surface area contributed by atoms with Crippen molar-refractivity contribution in [2.75, 3.05) is 13.1 Å². The highest BCUT2D eigenvalue weighted by Crippen LogP contribution is 2.45. The van der Waals surface area contributed by atoms with Crippen LogP contribution in [0.3, 0.4) is 0 Å². The maximum atomic E-state index is 12.0. The third kappa shape index (κ3) is 2.60. The quantitative estimate of drug-likeness (QED) is 0.756. The molecule has 1 spiro atoms. The number of hydrogen-bond acceptors (Lipinski definition) is 3. The number of carboxylic acids is 1. The van der Waals surface area contributed by atoms with Gasteiger partial charge in [0, 0.05) is 13.1 Å². The molecule has 1 unspecified atom stereocenters. The normalized spacial score (nSPS) is 24.2. The van der Waals surface area contributed by atoms with Crippen molar-refractivity contribution in [3.8, 4) is 0 Å². The minimum atomic E-state index is -1.01. The van der Waals surface area contributed by atoms with E-state index in [-0.39, 0.29) is 12.3 Å². The Kier molecular flexibility index (Phi) is 3.38. The minimum Gasteiger partial charge on any atom is -0.481 e. The molecule has 2 fully saturated rings. The van der Waals surface area contributed by atoms with Crippen LogP contribution >= 0.6 is 0 Å². The van der Waals surface area contributed by atoms with Gasteiger partial charge in [-0.15, -0.1) is 0 Å². The summed E-state index contributed by atoms with van der Waals surface area (Å²) in [6, 6.07) is -0.885. The number of carbonyl (C=O) groups is 2. The summed E-state index contributed by atoms with van der Waals surface area (Å²) in [4.78, 5) is 24.2. The smallest absolute Gasteiger partial charge is 0.305 e. The molecule has 1 saturated carbocycles. The molecule has 96 valence electrons. The lowest BCUT2D eigenvalue weighted by Gasteiger charge is -2.24. The van der Waals surface area contributed by atoms with Crippen LogP contribution in [0.2, 0.25) is 0 Å². The Balaban J connectivity index is 1.91. The zero-order valence-electron chi connectivity index (χ0n) is 10.0. The average Bonchev–Trinajstić information content (AvgIpc) is 2.88. The van der Waals surface area contributed by atoms with E-state index in [9.17, 15) is 9.59 Å². The third-order valence-corrected chi connectivity index (χ3v) is 4.13. The van der Waals surface area contributed by atoms with Crippen molar-refractivity contribution in [2.45, 2.75) is 44.6 Å². The van der Waals surface area contributed by atoms with Crippen molar-refractivity contribution in [1.29, 1.82) is 0 Å². The molecule has 0 bridgehead atoms. The van der Waals surface area contributed by atoms with Gasteiger partial charge < -0.3 is 15.7 Å². The summed E-state index contributed by atoms with van der Waals surface area (Å²) in [7, 11) is 0. The Bertz CT molecular complexity index is 324. The van der Waals surface area contributed by atoms with E-state index in [4.69, 9.17) is 10.8 Å². The molecule has 1 aliphatic heterocycles. The summed E-state index contributed by atoms with van der Waals surface area (Å²) < 4.78 is 0. The van der Waals surface area contributed by atoms with Crippen LogP contribution in [-0.2, 0) is 9.59 Å². The first-order valence-electron chi connectivity index (χ1n) is 6.29. The van der Waals surface area contributed by atoms with Crippen molar-refractivity contribution in [3.05, 3.63) is 0 Å². The predicted molar refractivity (Wildman–Crippen MR) is 62.3 cm³/mol. The van der Waals surface area contributed by atoms with Crippen LogP contribution in [0.5, 0.6) is 0 Å². The number of amides is 1. The van der Waals surface area contributed by atoms with Crippen molar-refractivity contribution < 1.29 is 14.7 Å². The SMILES string of the molecule is NC(CC(=O)O)C(=O)N1CCC2(CCCC2)C1. The van der Waals surface area contributed by atoms with E-state index in [0.29, 0.717) is 5.41 Å². The molecule has 0 radical (unpaired) electrons. The van der Waals surface area contributed by atoms with Crippen LogP contribution < -0.4 is 5.73 Å². The molecule has 0 aromatic heterocycles. The molecule has 1 atom stereocenters. The number of aliphatic carboxylic acids is 1. The van der Waals surface area contributed by atoms with Gasteiger partial charge in [0.05, 0.1) is 12.5 Å². The first-order chi connectivity index (χ1) is 8.02. The van der Waals surface area contributed by atoms with E-state index in [1.54, 1.807) is 4.90 Å². The standard InChI is InChI=1S/C12H20N2O3/c13-9(7-10(15)16)11(17)14-6-5-12(8-14)3-1-2-4-12/h9H,1-8,13H2,(H,15,16). The van der Waals surface area contributed by atoms with Crippen molar-refractivity contribution in [2.24, 2.45) is 11.1 Å². The van der Waals surface area contributed by atoms with E-state index in [2.05, 4.69) is 0 Å². The molecule has 2 rings (SSSR count). The number of likely N-dealkylation sites (tertiary alicyclic amines) is 1. The topological polar surface area (TPSA) is 83.6 Å². The number of carbonyl (C=O) groups excluding carboxylic acids is 1. The fourth-order valence-corrected chi connectivity index (χ4v) is 3.17. The van der Waals surface area contributed by atoms with E-state index in [1.165, 1.54) is 25.7 Å². The highest BCUT2D eigenvalue weighted by atomic mass is 16.4. The first-order valence-corrected chi connectivity index (χ1v) is 6.29. The van der Waals surface area contributed by atoms with Gasteiger partial charge in [0.2, 0.25) is 5.91 Å². The number of carboxylic acid groups (broad SMARTS) is 1. The second-order valence-electron chi connectivity index (χ2n) is 5.42. The maximum absolute atomic E-state index is 12.0.